The molecule has 0 atom stereocenters. The predicted molar refractivity (Wildman–Crippen MR) is 99.6 cm³/mol. The van der Waals surface area contributed by atoms with Crippen LogP contribution in [0.2, 0.25) is 0 Å². The smallest absolute Gasteiger partial charge is 0.449 e. The Hall–Kier alpha value is -3.73. The van der Waals surface area contributed by atoms with Crippen LogP contribution in [0.1, 0.15) is 0 Å². The monoisotopic (exact) mass is 343 g/mol. The Balaban J connectivity index is 2.00. The van der Waals surface area contributed by atoms with Gasteiger partial charge in [-0.1, -0.05) is 42.5 Å². The molecular formula is C21H13NO4. The maximum atomic E-state index is 13.1. The molecule has 126 valence electrons. The average Bonchev–Trinajstić information content (AvgIpc) is 2.79. The zero-order valence-corrected chi connectivity index (χ0v) is 13.5. The number of benzene rings is 2. The van der Waals surface area contributed by atoms with Gasteiger partial charge in [0.05, 0.1) is 5.52 Å². The first-order chi connectivity index (χ1) is 12.6. The Bertz CT molecular complexity index is 1200. The molecule has 0 saturated carbocycles. The number of aromatic nitrogens is 1. The van der Waals surface area contributed by atoms with E-state index in [9.17, 15) is 9.59 Å². The van der Waals surface area contributed by atoms with Gasteiger partial charge in [0, 0.05) is 22.5 Å². The van der Waals surface area contributed by atoms with Gasteiger partial charge in [0.1, 0.15) is 5.75 Å². The van der Waals surface area contributed by atoms with Crippen molar-refractivity contribution in [2.24, 2.45) is 0 Å². The number of fused-ring (bicyclic) bond motifs is 2. The van der Waals surface area contributed by atoms with Crippen molar-refractivity contribution in [2.45, 2.75) is 0 Å². The highest BCUT2D eigenvalue weighted by molar-refractivity contribution is 5.93. The third-order valence-electron chi connectivity index (χ3n) is 4.17. The Kier molecular flexibility index (Phi) is 3.82. The van der Waals surface area contributed by atoms with Crippen LogP contribution in [-0.2, 0) is 0 Å². The van der Waals surface area contributed by atoms with E-state index in [-0.39, 0.29) is 11.2 Å². The van der Waals surface area contributed by atoms with Gasteiger partial charge in [-0.25, -0.2) is 4.79 Å². The van der Waals surface area contributed by atoms with E-state index in [1.54, 1.807) is 24.4 Å². The molecule has 1 N–H and O–H groups in total. The fourth-order valence-electron chi connectivity index (χ4n) is 2.93. The third kappa shape index (κ3) is 2.86. The average molecular weight is 343 g/mol. The van der Waals surface area contributed by atoms with Crippen molar-refractivity contribution in [3.63, 3.8) is 0 Å². The number of carbonyl (C=O) groups is 1. The van der Waals surface area contributed by atoms with Gasteiger partial charge >= 0.3 is 6.16 Å². The first-order valence-corrected chi connectivity index (χ1v) is 7.95. The number of hydrogen-bond donors (Lipinski definition) is 1. The van der Waals surface area contributed by atoms with Gasteiger partial charge in [-0.05, 0) is 35.2 Å². The molecule has 5 heteroatoms. The van der Waals surface area contributed by atoms with Crippen molar-refractivity contribution in [1.82, 2.24) is 4.98 Å². The minimum absolute atomic E-state index is 0.105. The van der Waals surface area contributed by atoms with E-state index in [2.05, 4.69) is 9.72 Å². The highest BCUT2D eigenvalue weighted by Gasteiger charge is 2.08. The second-order valence-corrected chi connectivity index (χ2v) is 5.80. The van der Waals surface area contributed by atoms with E-state index in [0.29, 0.717) is 21.7 Å². The lowest BCUT2D eigenvalue weighted by Crippen LogP contribution is -2.04. The van der Waals surface area contributed by atoms with Gasteiger partial charge in [-0.2, -0.15) is 0 Å². The molecule has 4 aromatic rings. The first kappa shape index (κ1) is 15.8. The molecule has 4 rings (SSSR count). The number of hydrogen-bond acceptors (Lipinski definition) is 4. The maximum absolute atomic E-state index is 13.1. The maximum Gasteiger partial charge on any atom is 0.511 e. The topological polar surface area (TPSA) is 76.5 Å². The summed E-state index contributed by atoms with van der Waals surface area (Å²) >= 11 is 0. The molecule has 3 aromatic carbocycles. The van der Waals surface area contributed by atoms with Crippen molar-refractivity contribution in [2.75, 3.05) is 0 Å². The number of carboxylic acid groups (broad SMARTS) is 1. The molecule has 0 bridgehead atoms. The predicted octanol–water partition coefficient (Wildman–Crippen LogP) is 4.47. The lowest BCUT2D eigenvalue weighted by Gasteiger charge is -2.02. The van der Waals surface area contributed by atoms with Crippen LogP contribution in [0.3, 0.4) is 0 Å². The molecule has 5 nitrogen and oxygen atoms in total. The molecule has 0 aliphatic rings. The van der Waals surface area contributed by atoms with E-state index in [0.717, 1.165) is 11.1 Å². The molecule has 0 radical (unpaired) electrons. The molecule has 0 aliphatic heterocycles. The highest BCUT2D eigenvalue weighted by Crippen LogP contribution is 2.23. The summed E-state index contributed by atoms with van der Waals surface area (Å²) in [6.07, 6.45) is 0.316. The zero-order chi connectivity index (χ0) is 18.1. The molecule has 0 saturated heterocycles. The molecule has 1 aromatic heterocycles. The molecule has 0 aliphatic carbocycles. The Labute approximate surface area is 148 Å². The molecule has 26 heavy (non-hydrogen) atoms. The molecule has 0 spiro atoms. The van der Waals surface area contributed by atoms with Crippen molar-refractivity contribution in [1.29, 1.82) is 0 Å². The molecule has 1 heterocycles. The Morgan fingerprint density at radius 3 is 2.42 bits per heavy atom. The fraction of sp³-hybridized carbons (Fsp3) is 0. The summed E-state index contributed by atoms with van der Waals surface area (Å²) in [5, 5.41) is 10.3. The number of rotatable bonds is 2. The van der Waals surface area contributed by atoms with Crippen LogP contribution in [0.25, 0.3) is 32.8 Å². The van der Waals surface area contributed by atoms with E-state index in [1.165, 1.54) is 12.1 Å². The minimum atomic E-state index is -1.42. The van der Waals surface area contributed by atoms with Gasteiger partial charge < -0.3 is 9.84 Å². The van der Waals surface area contributed by atoms with Crippen LogP contribution in [0.4, 0.5) is 4.79 Å². The van der Waals surface area contributed by atoms with Crippen LogP contribution in [0.15, 0.2) is 77.7 Å². The number of nitrogens with zero attached hydrogens (tertiary/aromatic N) is 1. The van der Waals surface area contributed by atoms with Gasteiger partial charge in [-0.3, -0.25) is 9.78 Å². The molecular weight excluding hydrogens is 330 g/mol. The Morgan fingerprint density at radius 1 is 0.885 bits per heavy atom. The fourth-order valence-corrected chi connectivity index (χ4v) is 2.93. The Morgan fingerprint density at radius 2 is 1.65 bits per heavy atom. The van der Waals surface area contributed by atoms with Crippen LogP contribution < -0.4 is 10.2 Å². The van der Waals surface area contributed by atoms with E-state index in [1.807, 2.05) is 36.4 Å². The van der Waals surface area contributed by atoms with Gasteiger partial charge in [0.25, 0.3) is 0 Å². The zero-order valence-electron chi connectivity index (χ0n) is 13.5. The normalized spacial score (nSPS) is 10.8. The summed E-state index contributed by atoms with van der Waals surface area (Å²) in [4.78, 5) is 28.2. The van der Waals surface area contributed by atoms with Crippen LogP contribution in [-0.4, -0.2) is 16.2 Å². The summed E-state index contributed by atoms with van der Waals surface area (Å²) < 4.78 is 4.68. The second-order valence-electron chi connectivity index (χ2n) is 5.80. The largest absolute Gasteiger partial charge is 0.511 e. The number of pyridine rings is 1. The van der Waals surface area contributed by atoms with Crippen LogP contribution in [0, 0.1) is 0 Å². The summed E-state index contributed by atoms with van der Waals surface area (Å²) in [5.41, 5.74) is 2.16. The summed E-state index contributed by atoms with van der Waals surface area (Å²) in [6.45, 7) is 0. The first-order valence-electron chi connectivity index (χ1n) is 7.95. The van der Waals surface area contributed by atoms with Crippen molar-refractivity contribution in [3.05, 3.63) is 83.2 Å². The third-order valence-corrected chi connectivity index (χ3v) is 4.17. The van der Waals surface area contributed by atoms with Crippen molar-refractivity contribution < 1.29 is 14.6 Å². The summed E-state index contributed by atoms with van der Waals surface area (Å²) in [6, 6.07) is 19.7. The van der Waals surface area contributed by atoms with Crippen LogP contribution >= 0.6 is 0 Å². The van der Waals surface area contributed by atoms with E-state index >= 15 is 0 Å². The van der Waals surface area contributed by atoms with E-state index < -0.39 is 6.16 Å². The lowest BCUT2D eigenvalue weighted by molar-refractivity contribution is 0.144. The van der Waals surface area contributed by atoms with Gasteiger partial charge in [0.15, 0.2) is 5.43 Å². The lowest BCUT2D eigenvalue weighted by atomic mass is 10.1. The number of ether oxygens (including phenoxy) is 1. The van der Waals surface area contributed by atoms with Crippen LogP contribution in [0.5, 0.6) is 5.75 Å². The molecule has 0 fully saturated rings. The van der Waals surface area contributed by atoms with E-state index in [4.69, 9.17) is 5.11 Å². The molecule has 0 amide bonds. The highest BCUT2D eigenvalue weighted by atomic mass is 16.7. The van der Waals surface area contributed by atoms with Gasteiger partial charge in [0.2, 0.25) is 0 Å². The van der Waals surface area contributed by atoms with Gasteiger partial charge in [-0.15, -0.1) is 0 Å². The quantitative estimate of drug-likeness (QED) is 0.429. The molecule has 0 unspecified atom stereocenters. The minimum Gasteiger partial charge on any atom is -0.449 e. The standard InChI is InChI=1S/C21H13NO4/c23-20-17-11-16(26-21(24)25)8-6-14(17)7-9-19-18(20)10-15(12-22-19)13-4-2-1-3-5-13/h1-12H,(H,24,25). The second kappa shape index (κ2) is 6.29. The summed E-state index contributed by atoms with van der Waals surface area (Å²) in [7, 11) is 0. The van der Waals surface area contributed by atoms with Crippen molar-refractivity contribution in [3.8, 4) is 16.9 Å². The van der Waals surface area contributed by atoms with Crippen molar-refractivity contribution >= 4 is 27.8 Å². The SMILES string of the molecule is O=C(O)Oc1ccc2ccc3ncc(-c4ccccc4)cc3c(=O)c2c1. The summed E-state index contributed by atoms with van der Waals surface area (Å²) in [5.74, 6) is 0.105.